The molecule has 0 aliphatic carbocycles. The van der Waals surface area contributed by atoms with Crippen molar-refractivity contribution in [3.63, 3.8) is 0 Å². The fourth-order valence-electron chi connectivity index (χ4n) is 1.09. The first-order valence-corrected chi connectivity index (χ1v) is 4.55. The summed E-state index contributed by atoms with van der Waals surface area (Å²) < 4.78 is 0. The van der Waals surface area contributed by atoms with E-state index >= 15 is 0 Å². The van der Waals surface area contributed by atoms with Crippen LogP contribution >= 0.6 is 11.6 Å². The SMILES string of the molecule is C[NH+](C)CC(=O)c1cccc(Cl)c1.[Cl-]. The molecule has 0 amide bonds. The Kier molecular flexibility index (Phi) is 5.77. The Bertz CT molecular complexity index is 313. The third-order valence-corrected chi connectivity index (χ3v) is 1.90. The average Bonchev–Trinajstić information content (AvgIpc) is 2.03. The molecule has 2 nitrogen and oxygen atoms in total. The topological polar surface area (TPSA) is 21.5 Å². The van der Waals surface area contributed by atoms with Gasteiger partial charge in [-0.1, -0.05) is 23.7 Å². The summed E-state index contributed by atoms with van der Waals surface area (Å²) in [5.74, 6) is 0.127. The molecule has 0 aromatic heterocycles. The summed E-state index contributed by atoms with van der Waals surface area (Å²) in [6, 6.07) is 7.05. The van der Waals surface area contributed by atoms with Crippen molar-refractivity contribution in [1.82, 2.24) is 0 Å². The number of carbonyl (C=O) groups excluding carboxylic acids is 1. The van der Waals surface area contributed by atoms with E-state index in [1.165, 1.54) is 0 Å². The van der Waals surface area contributed by atoms with Crippen molar-refractivity contribution in [3.8, 4) is 0 Å². The van der Waals surface area contributed by atoms with E-state index in [1.54, 1.807) is 24.3 Å². The van der Waals surface area contributed by atoms with Crippen LogP contribution in [0.25, 0.3) is 0 Å². The number of halogens is 2. The normalized spacial score (nSPS) is 9.71. The van der Waals surface area contributed by atoms with E-state index in [-0.39, 0.29) is 18.2 Å². The van der Waals surface area contributed by atoms with Gasteiger partial charge in [-0.3, -0.25) is 4.79 Å². The molecule has 0 aliphatic rings. The molecule has 0 unspecified atom stereocenters. The van der Waals surface area contributed by atoms with E-state index in [1.807, 2.05) is 14.1 Å². The lowest BCUT2D eigenvalue weighted by Gasteiger charge is -2.05. The molecule has 1 aromatic carbocycles. The summed E-state index contributed by atoms with van der Waals surface area (Å²) in [6.07, 6.45) is 0. The summed E-state index contributed by atoms with van der Waals surface area (Å²) in [5.41, 5.74) is 0.689. The summed E-state index contributed by atoms with van der Waals surface area (Å²) >= 11 is 5.77. The van der Waals surface area contributed by atoms with Gasteiger partial charge < -0.3 is 17.3 Å². The van der Waals surface area contributed by atoms with Crippen LogP contribution in [-0.2, 0) is 0 Å². The number of Topliss-reactive ketones (excluding diaryl/α,β-unsaturated/α-hetero) is 1. The molecular formula is C10H13Cl2NO. The van der Waals surface area contributed by atoms with Gasteiger partial charge in [-0.05, 0) is 12.1 Å². The monoisotopic (exact) mass is 233 g/mol. The fraction of sp³-hybridized carbons (Fsp3) is 0.300. The van der Waals surface area contributed by atoms with Crippen molar-refractivity contribution < 1.29 is 22.1 Å². The molecule has 4 heteroatoms. The molecule has 0 spiro atoms. The Balaban J connectivity index is 0.00000169. The molecular weight excluding hydrogens is 221 g/mol. The highest BCUT2D eigenvalue weighted by molar-refractivity contribution is 6.31. The van der Waals surface area contributed by atoms with Crippen LogP contribution in [0.3, 0.4) is 0 Å². The van der Waals surface area contributed by atoms with Crippen LogP contribution in [0.5, 0.6) is 0 Å². The Hall–Kier alpha value is -0.570. The van der Waals surface area contributed by atoms with E-state index in [4.69, 9.17) is 11.6 Å². The zero-order chi connectivity index (χ0) is 9.84. The van der Waals surface area contributed by atoms with E-state index in [9.17, 15) is 4.79 Å². The molecule has 0 atom stereocenters. The predicted molar refractivity (Wildman–Crippen MR) is 53.5 cm³/mol. The number of likely N-dealkylation sites (N-methyl/N-ethyl adjacent to an activating group) is 1. The number of rotatable bonds is 3. The maximum absolute atomic E-state index is 11.5. The summed E-state index contributed by atoms with van der Waals surface area (Å²) in [4.78, 5) is 12.6. The third-order valence-electron chi connectivity index (χ3n) is 1.66. The Labute approximate surface area is 95.3 Å². The zero-order valence-electron chi connectivity index (χ0n) is 8.18. The molecule has 1 rings (SSSR count). The smallest absolute Gasteiger partial charge is 0.216 e. The highest BCUT2D eigenvalue weighted by Gasteiger charge is 2.08. The van der Waals surface area contributed by atoms with Gasteiger partial charge in [-0.2, -0.15) is 0 Å². The number of benzene rings is 1. The van der Waals surface area contributed by atoms with Crippen LogP contribution in [0.2, 0.25) is 5.02 Å². The largest absolute Gasteiger partial charge is 1.00 e. The fourth-order valence-corrected chi connectivity index (χ4v) is 1.28. The number of nitrogens with one attached hydrogen (secondary N) is 1. The standard InChI is InChI=1S/C10H12ClNO.ClH/c1-12(2)7-10(13)8-4-3-5-9(11)6-8;/h3-6H,7H2,1-2H3;1H. The lowest BCUT2D eigenvalue weighted by molar-refractivity contribution is -0.848. The molecule has 0 saturated carbocycles. The maximum Gasteiger partial charge on any atom is 0.216 e. The van der Waals surface area contributed by atoms with Gasteiger partial charge in [0.1, 0.15) is 6.54 Å². The van der Waals surface area contributed by atoms with Gasteiger partial charge in [-0.15, -0.1) is 0 Å². The highest BCUT2D eigenvalue weighted by atomic mass is 35.5. The highest BCUT2D eigenvalue weighted by Crippen LogP contribution is 2.10. The molecule has 14 heavy (non-hydrogen) atoms. The van der Waals surface area contributed by atoms with Gasteiger partial charge in [0, 0.05) is 10.6 Å². The van der Waals surface area contributed by atoms with E-state index in [0.717, 1.165) is 4.90 Å². The van der Waals surface area contributed by atoms with Gasteiger partial charge in [0.15, 0.2) is 0 Å². The van der Waals surface area contributed by atoms with Crippen molar-refractivity contribution in [3.05, 3.63) is 34.9 Å². The van der Waals surface area contributed by atoms with Gasteiger partial charge >= 0.3 is 0 Å². The summed E-state index contributed by atoms with van der Waals surface area (Å²) in [7, 11) is 3.89. The lowest BCUT2D eigenvalue weighted by atomic mass is 10.1. The Morgan fingerprint density at radius 1 is 1.43 bits per heavy atom. The minimum atomic E-state index is 0. The minimum Gasteiger partial charge on any atom is -1.00 e. The van der Waals surface area contributed by atoms with Crippen LogP contribution in [0.4, 0.5) is 0 Å². The van der Waals surface area contributed by atoms with E-state index < -0.39 is 0 Å². The third kappa shape index (κ3) is 4.09. The number of carbonyl (C=O) groups is 1. The Morgan fingerprint density at radius 2 is 2.07 bits per heavy atom. The van der Waals surface area contributed by atoms with Gasteiger partial charge in [0.25, 0.3) is 0 Å². The van der Waals surface area contributed by atoms with Crippen LogP contribution in [0.1, 0.15) is 10.4 Å². The number of hydrogen-bond donors (Lipinski definition) is 1. The second kappa shape index (κ2) is 6.02. The van der Waals surface area contributed by atoms with Crippen LogP contribution in [-0.4, -0.2) is 26.4 Å². The first-order valence-electron chi connectivity index (χ1n) is 4.17. The molecule has 0 fully saturated rings. The molecule has 78 valence electrons. The zero-order valence-corrected chi connectivity index (χ0v) is 9.69. The molecule has 0 aliphatic heterocycles. The lowest BCUT2D eigenvalue weighted by Crippen LogP contribution is -3.06. The first-order chi connectivity index (χ1) is 6.09. The van der Waals surface area contributed by atoms with Gasteiger partial charge in [-0.25, -0.2) is 0 Å². The van der Waals surface area contributed by atoms with Crippen molar-refractivity contribution in [2.45, 2.75) is 0 Å². The molecule has 1 aromatic rings. The van der Waals surface area contributed by atoms with Crippen molar-refractivity contribution in [1.29, 1.82) is 0 Å². The van der Waals surface area contributed by atoms with Crippen molar-refractivity contribution in [2.75, 3.05) is 20.6 Å². The maximum atomic E-state index is 11.5. The summed E-state index contributed by atoms with van der Waals surface area (Å²) in [5, 5.41) is 0.611. The van der Waals surface area contributed by atoms with Gasteiger partial charge in [0.05, 0.1) is 14.1 Å². The molecule has 0 heterocycles. The molecule has 1 N–H and O–H groups in total. The van der Waals surface area contributed by atoms with Crippen LogP contribution in [0.15, 0.2) is 24.3 Å². The molecule has 0 saturated heterocycles. The van der Waals surface area contributed by atoms with Crippen molar-refractivity contribution >= 4 is 17.4 Å². The van der Waals surface area contributed by atoms with E-state index in [2.05, 4.69) is 0 Å². The predicted octanol–water partition coefficient (Wildman–Crippen LogP) is -2.33. The molecule has 0 bridgehead atoms. The molecule has 0 radical (unpaired) electrons. The first kappa shape index (κ1) is 13.4. The number of quaternary nitrogens is 1. The van der Waals surface area contributed by atoms with Crippen molar-refractivity contribution in [2.24, 2.45) is 0 Å². The van der Waals surface area contributed by atoms with Gasteiger partial charge in [0.2, 0.25) is 5.78 Å². The second-order valence-corrected chi connectivity index (χ2v) is 3.75. The van der Waals surface area contributed by atoms with E-state index in [0.29, 0.717) is 17.1 Å². The second-order valence-electron chi connectivity index (χ2n) is 3.32. The quantitative estimate of drug-likeness (QED) is 0.582. The average molecular weight is 234 g/mol. The van der Waals surface area contributed by atoms with Crippen LogP contribution < -0.4 is 17.3 Å². The minimum absolute atomic E-state index is 0. The summed E-state index contributed by atoms with van der Waals surface area (Å²) in [6.45, 7) is 0.500. The number of ketones is 1. The Morgan fingerprint density at radius 3 is 2.57 bits per heavy atom. The number of hydrogen-bond acceptors (Lipinski definition) is 1. The van der Waals surface area contributed by atoms with Crippen LogP contribution in [0, 0.1) is 0 Å².